The molecule has 10 rings (SSSR count). The van der Waals surface area contributed by atoms with Gasteiger partial charge in [-0.15, -0.1) is 0 Å². The molecule has 0 saturated carbocycles. The van der Waals surface area contributed by atoms with E-state index >= 15 is 0 Å². The first-order chi connectivity index (χ1) is 24.0. The fourth-order valence-electron chi connectivity index (χ4n) is 8.85. The summed E-state index contributed by atoms with van der Waals surface area (Å²) in [6.45, 7) is 4.79. The molecule has 0 saturated heterocycles. The van der Waals surface area contributed by atoms with Gasteiger partial charge in [-0.1, -0.05) is 147 Å². The van der Waals surface area contributed by atoms with E-state index in [0.29, 0.717) is 0 Å². The second-order valence-electron chi connectivity index (χ2n) is 14.4. The van der Waals surface area contributed by atoms with Crippen LogP contribution in [0.15, 0.2) is 163 Å². The van der Waals surface area contributed by atoms with Gasteiger partial charge in [-0.05, 0) is 136 Å². The van der Waals surface area contributed by atoms with Gasteiger partial charge >= 0.3 is 0 Å². The molecule has 0 heteroatoms. The highest BCUT2D eigenvalue weighted by Crippen LogP contribution is 2.51. The van der Waals surface area contributed by atoms with E-state index in [2.05, 4.69) is 172 Å². The molecule has 0 N–H and O–H groups in total. The molecule has 2 aliphatic rings. The Morgan fingerprint density at radius 2 is 0.980 bits per heavy atom. The minimum Gasteiger partial charge on any atom is -0.0839 e. The number of rotatable bonds is 3. The van der Waals surface area contributed by atoms with E-state index in [1.165, 1.54) is 98.7 Å². The van der Waals surface area contributed by atoms with Crippen molar-refractivity contribution in [1.29, 1.82) is 0 Å². The molecule has 0 aliphatic heterocycles. The minimum atomic E-state index is 0.00412. The first-order valence-electron chi connectivity index (χ1n) is 17.6. The standard InChI is InChI=1S/C49H36/c1-49(2)45-18-10-9-15-39(45)40-25-23-36(30-46(40)49)35-24-26-43-44(29-35)48(38-22-20-32-12-4-6-14-34(32)28-38)42-17-8-7-16-41(42)47(43)37-21-19-31-11-3-5-13-33(31)27-37/h3-8,10-14,16-30H,9,15H2,1-2H3. The van der Waals surface area contributed by atoms with Gasteiger partial charge < -0.3 is 0 Å². The zero-order chi connectivity index (χ0) is 32.7. The van der Waals surface area contributed by atoms with E-state index in [4.69, 9.17) is 0 Å². The number of benzene rings is 8. The van der Waals surface area contributed by atoms with E-state index in [9.17, 15) is 0 Å². The predicted octanol–water partition coefficient (Wildman–Crippen LogP) is 13.7. The summed E-state index contributed by atoms with van der Waals surface area (Å²) in [6, 6.07) is 54.7. The average Bonchev–Trinajstić information content (AvgIpc) is 3.38. The topological polar surface area (TPSA) is 0 Å². The molecule has 0 heterocycles. The largest absolute Gasteiger partial charge is 0.0839 e. The Labute approximate surface area is 287 Å². The van der Waals surface area contributed by atoms with Crippen LogP contribution in [0.2, 0.25) is 0 Å². The molecule has 0 aromatic heterocycles. The molecule has 2 aliphatic carbocycles. The molecule has 8 aromatic rings. The van der Waals surface area contributed by atoms with Gasteiger partial charge in [0, 0.05) is 5.41 Å². The van der Waals surface area contributed by atoms with Crippen LogP contribution in [0, 0.1) is 0 Å². The number of hydrogen-bond donors (Lipinski definition) is 0. The van der Waals surface area contributed by atoms with E-state index < -0.39 is 0 Å². The van der Waals surface area contributed by atoms with Gasteiger partial charge in [0.2, 0.25) is 0 Å². The summed E-state index contributed by atoms with van der Waals surface area (Å²) >= 11 is 0. The van der Waals surface area contributed by atoms with Crippen molar-refractivity contribution in [3.63, 3.8) is 0 Å². The molecule has 8 aromatic carbocycles. The molecule has 0 nitrogen and oxygen atoms in total. The summed E-state index contributed by atoms with van der Waals surface area (Å²) < 4.78 is 0. The lowest BCUT2D eigenvalue weighted by atomic mass is 9.79. The second kappa shape index (κ2) is 10.6. The maximum Gasteiger partial charge on any atom is 0.0155 e. The lowest BCUT2D eigenvalue weighted by Gasteiger charge is -2.24. The highest BCUT2D eigenvalue weighted by molar-refractivity contribution is 6.22. The van der Waals surface area contributed by atoms with Crippen LogP contribution in [0.25, 0.3) is 82.0 Å². The molecule has 0 spiro atoms. The summed E-state index contributed by atoms with van der Waals surface area (Å²) in [6.07, 6.45) is 7.00. The smallest absolute Gasteiger partial charge is 0.0155 e. The van der Waals surface area contributed by atoms with Crippen molar-refractivity contribution in [2.24, 2.45) is 0 Å². The molecule has 0 amide bonds. The van der Waals surface area contributed by atoms with Crippen molar-refractivity contribution >= 4 is 48.7 Å². The number of hydrogen-bond acceptors (Lipinski definition) is 0. The average molecular weight is 625 g/mol. The first-order valence-corrected chi connectivity index (χ1v) is 17.6. The van der Waals surface area contributed by atoms with Gasteiger partial charge in [0.15, 0.2) is 0 Å². The summed E-state index contributed by atoms with van der Waals surface area (Å²) in [7, 11) is 0. The maximum atomic E-state index is 2.48. The first kappa shape index (κ1) is 28.3. The lowest BCUT2D eigenvalue weighted by Crippen LogP contribution is -2.16. The van der Waals surface area contributed by atoms with Gasteiger partial charge in [0.1, 0.15) is 0 Å². The van der Waals surface area contributed by atoms with Crippen molar-refractivity contribution in [2.75, 3.05) is 0 Å². The van der Waals surface area contributed by atoms with E-state index in [1.54, 1.807) is 0 Å². The van der Waals surface area contributed by atoms with Gasteiger partial charge in [0.05, 0.1) is 0 Å². The van der Waals surface area contributed by atoms with Crippen molar-refractivity contribution in [1.82, 2.24) is 0 Å². The summed E-state index contributed by atoms with van der Waals surface area (Å²) in [5, 5.41) is 10.2. The lowest BCUT2D eigenvalue weighted by molar-refractivity contribution is 0.651. The fourth-order valence-corrected chi connectivity index (χ4v) is 8.85. The van der Waals surface area contributed by atoms with Crippen molar-refractivity contribution in [2.45, 2.75) is 32.1 Å². The molecule has 0 unspecified atom stereocenters. The van der Waals surface area contributed by atoms with Crippen LogP contribution in [0.5, 0.6) is 0 Å². The van der Waals surface area contributed by atoms with Crippen LogP contribution < -0.4 is 0 Å². The van der Waals surface area contributed by atoms with Gasteiger partial charge in [-0.25, -0.2) is 0 Å². The van der Waals surface area contributed by atoms with Crippen LogP contribution in [0.4, 0.5) is 0 Å². The Bertz CT molecular complexity index is 2730. The van der Waals surface area contributed by atoms with E-state index in [0.717, 1.165) is 12.8 Å². The summed E-state index contributed by atoms with van der Waals surface area (Å²) in [4.78, 5) is 0. The van der Waals surface area contributed by atoms with Gasteiger partial charge in [0.25, 0.3) is 0 Å². The van der Waals surface area contributed by atoms with E-state index in [1.807, 2.05) is 0 Å². The molecular formula is C49H36. The molecule has 0 radical (unpaired) electrons. The molecule has 0 atom stereocenters. The zero-order valence-electron chi connectivity index (χ0n) is 27.9. The Morgan fingerprint density at radius 3 is 1.65 bits per heavy atom. The van der Waals surface area contributed by atoms with Crippen LogP contribution in [0.3, 0.4) is 0 Å². The zero-order valence-corrected chi connectivity index (χ0v) is 27.9. The monoisotopic (exact) mass is 624 g/mol. The number of fused-ring (bicyclic) bond motifs is 6. The normalized spacial score (nSPS) is 15.0. The SMILES string of the molecule is CC1(C)C2=C(CCC=C2)c2ccc(-c3ccc4c(-c5ccc6ccccc6c5)c5ccccc5c(-c5ccc6ccccc6c5)c4c3)cc21. The number of allylic oxidation sites excluding steroid dienone is 4. The quantitative estimate of drug-likeness (QED) is 0.172. The molecule has 0 bridgehead atoms. The van der Waals surface area contributed by atoms with Crippen LogP contribution in [-0.2, 0) is 5.41 Å². The minimum absolute atomic E-state index is 0.00412. The molecule has 49 heavy (non-hydrogen) atoms. The van der Waals surface area contributed by atoms with Crippen LogP contribution in [-0.4, -0.2) is 0 Å². The Balaban J connectivity index is 1.26. The highest BCUT2D eigenvalue weighted by atomic mass is 14.4. The Morgan fingerprint density at radius 1 is 0.449 bits per heavy atom. The third kappa shape index (κ3) is 4.30. The third-order valence-electron chi connectivity index (χ3n) is 11.3. The molecule has 232 valence electrons. The van der Waals surface area contributed by atoms with Crippen molar-refractivity contribution < 1.29 is 0 Å². The maximum absolute atomic E-state index is 2.48. The Kier molecular flexibility index (Phi) is 6.15. The van der Waals surface area contributed by atoms with Crippen molar-refractivity contribution in [3.05, 3.63) is 174 Å². The molecule has 0 fully saturated rings. The Hall–Kier alpha value is -5.72. The second-order valence-corrected chi connectivity index (χ2v) is 14.4. The van der Waals surface area contributed by atoms with E-state index in [-0.39, 0.29) is 5.41 Å². The van der Waals surface area contributed by atoms with Crippen LogP contribution in [0.1, 0.15) is 37.8 Å². The summed E-state index contributed by atoms with van der Waals surface area (Å²) in [5.41, 5.74) is 13.6. The molecular weight excluding hydrogens is 589 g/mol. The highest BCUT2D eigenvalue weighted by Gasteiger charge is 2.37. The van der Waals surface area contributed by atoms with Crippen LogP contribution >= 0.6 is 0 Å². The fraction of sp³-hybridized carbons (Fsp3) is 0.102. The predicted molar refractivity (Wildman–Crippen MR) is 211 cm³/mol. The summed E-state index contributed by atoms with van der Waals surface area (Å²) in [5.74, 6) is 0. The third-order valence-corrected chi connectivity index (χ3v) is 11.3. The van der Waals surface area contributed by atoms with Crippen molar-refractivity contribution in [3.8, 4) is 33.4 Å². The van der Waals surface area contributed by atoms with Gasteiger partial charge in [-0.2, -0.15) is 0 Å². The van der Waals surface area contributed by atoms with Gasteiger partial charge in [-0.3, -0.25) is 0 Å².